The Morgan fingerprint density at radius 3 is 2.75 bits per heavy atom. The highest BCUT2D eigenvalue weighted by Gasteiger charge is 2.05. The molecule has 0 unspecified atom stereocenters. The van der Waals surface area contributed by atoms with E-state index in [1.165, 1.54) is 23.9 Å². The summed E-state index contributed by atoms with van der Waals surface area (Å²) in [7, 11) is 0. The van der Waals surface area contributed by atoms with Crippen molar-refractivity contribution in [3.63, 3.8) is 0 Å². The molecule has 2 aromatic rings. The van der Waals surface area contributed by atoms with Crippen LogP contribution < -0.4 is 0 Å². The van der Waals surface area contributed by atoms with Crippen LogP contribution in [0.15, 0.2) is 35.7 Å². The molecule has 0 spiro atoms. The molecule has 102 valence electrons. The molecule has 0 bridgehead atoms. The van der Waals surface area contributed by atoms with E-state index in [4.69, 9.17) is 5.11 Å². The highest BCUT2D eigenvalue weighted by atomic mass is 32.2. The second-order valence-electron chi connectivity index (χ2n) is 4.09. The minimum atomic E-state index is -0.340. The molecule has 0 fully saturated rings. The third-order valence-electron chi connectivity index (χ3n) is 2.49. The van der Waals surface area contributed by atoms with Gasteiger partial charge in [-0.2, -0.15) is 0 Å². The van der Waals surface area contributed by atoms with Gasteiger partial charge in [0.15, 0.2) is 5.16 Å². The first-order valence-corrected chi connectivity index (χ1v) is 6.97. The van der Waals surface area contributed by atoms with Gasteiger partial charge in [0.05, 0.1) is 0 Å². The summed E-state index contributed by atoms with van der Waals surface area (Å²) in [5.41, 5.74) is 2.48. The van der Waals surface area contributed by atoms with Crippen LogP contribution >= 0.6 is 11.8 Å². The van der Waals surface area contributed by atoms with Crippen molar-refractivity contribution in [3.05, 3.63) is 53.1 Å². The molecule has 0 saturated heterocycles. The maximum Gasteiger partial charge on any atom is 0.187 e. The fourth-order valence-corrected chi connectivity index (χ4v) is 2.31. The Bertz CT molecular complexity index is 647. The van der Waals surface area contributed by atoms with Crippen molar-refractivity contribution in [3.8, 4) is 11.8 Å². The Morgan fingerprint density at radius 2 is 2.05 bits per heavy atom. The summed E-state index contributed by atoms with van der Waals surface area (Å²) in [4.78, 5) is 8.41. The predicted octanol–water partition coefficient (Wildman–Crippen LogP) is 2.56. The molecule has 0 aliphatic rings. The predicted molar refractivity (Wildman–Crippen MR) is 76.7 cm³/mol. The molecule has 0 amide bonds. The summed E-state index contributed by atoms with van der Waals surface area (Å²) in [5.74, 6) is 5.55. The maximum atomic E-state index is 13.2. The highest BCUT2D eigenvalue weighted by Crippen LogP contribution is 2.21. The second kappa shape index (κ2) is 7.04. The fourth-order valence-electron chi connectivity index (χ4n) is 1.52. The van der Waals surface area contributed by atoms with Crippen LogP contribution in [0.2, 0.25) is 0 Å². The van der Waals surface area contributed by atoms with Crippen molar-refractivity contribution in [1.29, 1.82) is 0 Å². The molecule has 0 saturated carbocycles. The molecular formula is C15H13FN2OS. The fraction of sp³-hybridized carbons (Fsp3) is 0.200. The van der Waals surface area contributed by atoms with Crippen molar-refractivity contribution in [2.75, 3.05) is 6.61 Å². The van der Waals surface area contributed by atoms with Crippen LogP contribution in [0, 0.1) is 24.6 Å². The van der Waals surface area contributed by atoms with E-state index < -0.39 is 0 Å². The van der Waals surface area contributed by atoms with Gasteiger partial charge < -0.3 is 5.11 Å². The van der Waals surface area contributed by atoms with E-state index in [-0.39, 0.29) is 12.4 Å². The summed E-state index contributed by atoms with van der Waals surface area (Å²) in [6.45, 7) is 1.68. The van der Waals surface area contributed by atoms with Crippen molar-refractivity contribution < 1.29 is 9.50 Å². The van der Waals surface area contributed by atoms with Crippen molar-refractivity contribution in [2.45, 2.75) is 17.8 Å². The number of thioether (sulfide) groups is 1. The van der Waals surface area contributed by atoms with Gasteiger partial charge in [-0.25, -0.2) is 14.4 Å². The number of hydrogen-bond donors (Lipinski definition) is 1. The number of aliphatic hydroxyl groups is 1. The molecule has 0 aliphatic heterocycles. The molecule has 0 radical (unpaired) electrons. The average molecular weight is 288 g/mol. The van der Waals surface area contributed by atoms with E-state index in [9.17, 15) is 4.39 Å². The van der Waals surface area contributed by atoms with E-state index in [0.29, 0.717) is 16.5 Å². The van der Waals surface area contributed by atoms with Crippen LogP contribution in [0.4, 0.5) is 4.39 Å². The van der Waals surface area contributed by atoms with Gasteiger partial charge >= 0.3 is 0 Å². The van der Waals surface area contributed by atoms with E-state index in [0.717, 1.165) is 11.1 Å². The lowest BCUT2D eigenvalue weighted by Crippen LogP contribution is -1.92. The van der Waals surface area contributed by atoms with Crippen LogP contribution in [0.25, 0.3) is 0 Å². The van der Waals surface area contributed by atoms with E-state index in [1.807, 2.05) is 6.92 Å². The zero-order valence-electron chi connectivity index (χ0n) is 10.9. The lowest BCUT2D eigenvalue weighted by molar-refractivity contribution is 0.350. The van der Waals surface area contributed by atoms with Crippen LogP contribution in [0.5, 0.6) is 0 Å². The van der Waals surface area contributed by atoms with Gasteiger partial charge in [-0.3, -0.25) is 0 Å². The molecule has 5 heteroatoms. The lowest BCUT2D eigenvalue weighted by atomic mass is 10.1. The molecule has 2 rings (SSSR count). The number of rotatable bonds is 3. The smallest absolute Gasteiger partial charge is 0.187 e. The number of nitrogens with zero attached hydrogens (tertiary/aromatic N) is 2. The standard InChI is InChI=1S/C15H13FN2OS/c1-11-8-17-15(18-9-11)20-10-13-4-5-14(16)7-12(13)3-2-6-19/h4-5,7-9,19H,6,10H2,1H3. The van der Waals surface area contributed by atoms with Crippen LogP contribution in [0.1, 0.15) is 16.7 Å². The van der Waals surface area contributed by atoms with Gasteiger partial charge in [0.25, 0.3) is 0 Å². The maximum absolute atomic E-state index is 13.2. The quantitative estimate of drug-likeness (QED) is 0.535. The molecule has 20 heavy (non-hydrogen) atoms. The third kappa shape index (κ3) is 4.05. The van der Waals surface area contributed by atoms with Crippen molar-refractivity contribution in [2.24, 2.45) is 0 Å². The minimum Gasteiger partial charge on any atom is -0.384 e. The largest absolute Gasteiger partial charge is 0.384 e. The van der Waals surface area contributed by atoms with Gasteiger partial charge in [0.2, 0.25) is 0 Å². The molecule has 1 N–H and O–H groups in total. The van der Waals surface area contributed by atoms with Gasteiger partial charge in [-0.15, -0.1) is 0 Å². The van der Waals surface area contributed by atoms with Crippen LogP contribution in [0.3, 0.4) is 0 Å². The van der Waals surface area contributed by atoms with Crippen molar-refractivity contribution >= 4 is 11.8 Å². The van der Waals surface area contributed by atoms with E-state index in [2.05, 4.69) is 21.8 Å². The zero-order valence-corrected chi connectivity index (χ0v) is 11.7. The van der Waals surface area contributed by atoms with E-state index >= 15 is 0 Å². The third-order valence-corrected chi connectivity index (χ3v) is 3.41. The average Bonchev–Trinajstić information content (AvgIpc) is 2.46. The Kier molecular flexibility index (Phi) is 5.10. The monoisotopic (exact) mass is 288 g/mol. The number of hydrogen-bond acceptors (Lipinski definition) is 4. The van der Waals surface area contributed by atoms with Gasteiger partial charge in [0.1, 0.15) is 12.4 Å². The number of aromatic nitrogens is 2. The van der Waals surface area contributed by atoms with E-state index in [1.54, 1.807) is 18.5 Å². The van der Waals surface area contributed by atoms with Gasteiger partial charge in [-0.05, 0) is 30.2 Å². The summed E-state index contributed by atoms with van der Waals surface area (Å²) in [5, 5.41) is 9.40. The Hall–Kier alpha value is -1.90. The molecule has 0 aliphatic carbocycles. The zero-order chi connectivity index (χ0) is 14.4. The van der Waals surface area contributed by atoms with Crippen LogP contribution in [-0.4, -0.2) is 21.7 Å². The summed E-state index contributed by atoms with van der Waals surface area (Å²) in [6, 6.07) is 4.46. The highest BCUT2D eigenvalue weighted by molar-refractivity contribution is 7.98. The summed E-state index contributed by atoms with van der Waals surface area (Å²) in [6.07, 6.45) is 3.51. The first-order chi connectivity index (χ1) is 9.69. The molecule has 3 nitrogen and oxygen atoms in total. The minimum absolute atomic E-state index is 0.246. The Balaban J connectivity index is 2.14. The number of benzene rings is 1. The molecule has 0 atom stereocenters. The lowest BCUT2D eigenvalue weighted by Gasteiger charge is -2.04. The number of aryl methyl sites for hydroxylation is 1. The Labute approximate surface area is 121 Å². The first kappa shape index (κ1) is 14.5. The van der Waals surface area contributed by atoms with Gasteiger partial charge in [0, 0.05) is 23.7 Å². The summed E-state index contributed by atoms with van der Waals surface area (Å²) >= 11 is 1.46. The van der Waals surface area contributed by atoms with Crippen molar-refractivity contribution in [1.82, 2.24) is 9.97 Å². The molecule has 1 heterocycles. The molecule has 1 aromatic carbocycles. The molecular weight excluding hydrogens is 275 g/mol. The van der Waals surface area contributed by atoms with Gasteiger partial charge in [-0.1, -0.05) is 29.7 Å². The number of aliphatic hydroxyl groups excluding tert-OH is 1. The normalized spacial score (nSPS) is 9.95. The van der Waals surface area contributed by atoms with Crippen LogP contribution in [-0.2, 0) is 5.75 Å². The Morgan fingerprint density at radius 1 is 1.30 bits per heavy atom. The molecule has 1 aromatic heterocycles. The SMILES string of the molecule is Cc1cnc(SCc2ccc(F)cc2C#CCO)nc1. The topological polar surface area (TPSA) is 46.0 Å². The summed E-state index contributed by atoms with van der Waals surface area (Å²) < 4.78 is 13.2. The first-order valence-electron chi connectivity index (χ1n) is 5.98. The number of halogens is 1. The second-order valence-corrected chi connectivity index (χ2v) is 5.04.